The zero-order valence-corrected chi connectivity index (χ0v) is 18.1. The molecule has 2 atom stereocenters. The zero-order valence-electron chi connectivity index (χ0n) is 18.1. The Balaban J connectivity index is 2.14. The summed E-state index contributed by atoms with van der Waals surface area (Å²) in [7, 11) is 0. The average molecular weight is 397 g/mol. The molecule has 156 valence electrons. The van der Waals surface area contributed by atoms with E-state index in [0.29, 0.717) is 12.3 Å². The Morgan fingerprint density at radius 1 is 1.07 bits per heavy atom. The van der Waals surface area contributed by atoms with Crippen LogP contribution in [0.1, 0.15) is 43.9 Å². The van der Waals surface area contributed by atoms with E-state index in [2.05, 4.69) is 5.32 Å². The van der Waals surface area contributed by atoms with E-state index in [1.165, 1.54) is 0 Å². The molecule has 0 saturated carbocycles. The highest BCUT2D eigenvalue weighted by Gasteiger charge is 2.27. The molecule has 2 amide bonds. The molecule has 0 aliphatic rings. The number of aryl methyl sites for hydroxylation is 2. The third kappa shape index (κ3) is 6.63. The molecular weight excluding hydrogens is 364 g/mol. The van der Waals surface area contributed by atoms with Crippen LogP contribution in [0.3, 0.4) is 0 Å². The van der Waals surface area contributed by atoms with Gasteiger partial charge in [-0.15, -0.1) is 0 Å². The summed E-state index contributed by atoms with van der Waals surface area (Å²) in [4.78, 5) is 27.3. The fourth-order valence-corrected chi connectivity index (χ4v) is 3.01. The van der Waals surface area contributed by atoms with Crippen molar-refractivity contribution in [1.82, 2.24) is 10.2 Å². The smallest absolute Gasteiger partial charge is 0.261 e. The Bertz CT molecular complexity index is 820. The minimum Gasteiger partial charge on any atom is -0.483 e. The second-order valence-electron chi connectivity index (χ2n) is 7.56. The summed E-state index contributed by atoms with van der Waals surface area (Å²) in [6, 6.07) is 15.0. The van der Waals surface area contributed by atoms with Crippen LogP contribution in [0.5, 0.6) is 5.75 Å². The van der Waals surface area contributed by atoms with Gasteiger partial charge in [0.2, 0.25) is 5.91 Å². The lowest BCUT2D eigenvalue weighted by atomic mass is 10.1. The number of rotatable bonds is 9. The van der Waals surface area contributed by atoms with Gasteiger partial charge in [0.1, 0.15) is 11.8 Å². The first-order valence-corrected chi connectivity index (χ1v) is 10.2. The van der Waals surface area contributed by atoms with Crippen molar-refractivity contribution >= 4 is 11.8 Å². The van der Waals surface area contributed by atoms with Gasteiger partial charge in [-0.2, -0.15) is 0 Å². The molecular formula is C24H32N2O3. The van der Waals surface area contributed by atoms with Gasteiger partial charge in [0.05, 0.1) is 0 Å². The van der Waals surface area contributed by atoms with E-state index in [0.717, 1.165) is 23.1 Å². The Kier molecular flexibility index (Phi) is 8.25. The van der Waals surface area contributed by atoms with E-state index < -0.39 is 6.04 Å². The van der Waals surface area contributed by atoms with Crippen LogP contribution in [0, 0.1) is 13.8 Å². The lowest BCUT2D eigenvalue weighted by Crippen LogP contribution is -2.50. The number of carbonyl (C=O) groups is 2. The Morgan fingerprint density at radius 3 is 2.38 bits per heavy atom. The molecule has 2 aromatic rings. The fraction of sp³-hybridized carbons (Fsp3) is 0.417. The third-order valence-electron chi connectivity index (χ3n) is 5.05. The average Bonchev–Trinajstić information content (AvgIpc) is 2.71. The Morgan fingerprint density at radius 2 is 1.76 bits per heavy atom. The molecule has 0 spiro atoms. The number of nitrogens with one attached hydrogen (secondary N) is 1. The molecule has 0 aliphatic carbocycles. The number of carbonyl (C=O) groups excluding carboxylic acids is 2. The van der Waals surface area contributed by atoms with Crippen LogP contribution in [0.2, 0.25) is 0 Å². The van der Waals surface area contributed by atoms with E-state index in [1.54, 1.807) is 11.8 Å². The van der Waals surface area contributed by atoms with E-state index in [4.69, 9.17) is 4.74 Å². The molecule has 0 unspecified atom stereocenters. The summed E-state index contributed by atoms with van der Waals surface area (Å²) in [6.07, 6.45) is 0.834. The molecule has 0 fully saturated rings. The monoisotopic (exact) mass is 396 g/mol. The maximum atomic E-state index is 13.0. The van der Waals surface area contributed by atoms with Crippen molar-refractivity contribution in [3.05, 3.63) is 65.2 Å². The summed E-state index contributed by atoms with van der Waals surface area (Å²) < 4.78 is 5.78. The highest BCUT2D eigenvalue weighted by Crippen LogP contribution is 2.19. The lowest BCUT2D eigenvalue weighted by molar-refractivity contribution is -0.142. The van der Waals surface area contributed by atoms with E-state index >= 15 is 0 Å². The number of hydrogen-bond acceptors (Lipinski definition) is 3. The molecule has 0 radical (unpaired) electrons. The molecule has 29 heavy (non-hydrogen) atoms. The van der Waals surface area contributed by atoms with Gasteiger partial charge in [-0.1, -0.05) is 55.0 Å². The summed E-state index contributed by atoms with van der Waals surface area (Å²) in [5.74, 6) is 0.302. The van der Waals surface area contributed by atoms with E-state index in [-0.39, 0.29) is 24.5 Å². The maximum absolute atomic E-state index is 13.0. The maximum Gasteiger partial charge on any atom is 0.261 e. The minimum absolute atomic E-state index is 0.0603. The van der Waals surface area contributed by atoms with Gasteiger partial charge in [-0.05, 0) is 51.3 Å². The fourth-order valence-electron chi connectivity index (χ4n) is 3.01. The van der Waals surface area contributed by atoms with Crippen molar-refractivity contribution in [2.75, 3.05) is 6.61 Å². The molecule has 0 heterocycles. The van der Waals surface area contributed by atoms with E-state index in [9.17, 15) is 9.59 Å². The molecule has 0 aromatic heterocycles. The minimum atomic E-state index is -0.598. The topological polar surface area (TPSA) is 58.6 Å². The van der Waals surface area contributed by atoms with Gasteiger partial charge in [0.25, 0.3) is 5.91 Å². The quantitative estimate of drug-likeness (QED) is 0.697. The Labute approximate surface area is 174 Å². The van der Waals surface area contributed by atoms with E-state index in [1.807, 2.05) is 76.2 Å². The first-order chi connectivity index (χ1) is 13.8. The number of hydrogen-bond donors (Lipinski definition) is 1. The molecule has 5 nitrogen and oxygen atoms in total. The van der Waals surface area contributed by atoms with Gasteiger partial charge < -0.3 is 15.0 Å². The largest absolute Gasteiger partial charge is 0.483 e. The first kappa shape index (κ1) is 22.5. The van der Waals surface area contributed by atoms with Gasteiger partial charge in [0.15, 0.2) is 6.61 Å². The van der Waals surface area contributed by atoms with Crippen molar-refractivity contribution in [2.45, 2.75) is 59.7 Å². The number of nitrogens with zero attached hydrogens (tertiary/aromatic N) is 1. The van der Waals surface area contributed by atoms with Crippen LogP contribution in [0.25, 0.3) is 0 Å². The number of ether oxygens (including phenoxy) is 1. The second-order valence-corrected chi connectivity index (χ2v) is 7.56. The van der Waals surface area contributed by atoms with Gasteiger partial charge in [-0.25, -0.2) is 0 Å². The normalized spacial score (nSPS) is 12.7. The van der Waals surface area contributed by atoms with Crippen LogP contribution < -0.4 is 10.1 Å². The molecule has 0 aliphatic heterocycles. The molecule has 1 N–H and O–H groups in total. The summed E-state index contributed by atoms with van der Waals surface area (Å²) >= 11 is 0. The van der Waals surface area contributed by atoms with Crippen LogP contribution in [-0.2, 0) is 16.1 Å². The summed E-state index contributed by atoms with van der Waals surface area (Å²) in [5, 5.41) is 2.97. The summed E-state index contributed by atoms with van der Waals surface area (Å²) in [6.45, 7) is 9.94. The van der Waals surface area contributed by atoms with Crippen molar-refractivity contribution in [2.24, 2.45) is 0 Å². The highest BCUT2D eigenvalue weighted by atomic mass is 16.5. The molecule has 0 bridgehead atoms. The van der Waals surface area contributed by atoms with Crippen LogP contribution >= 0.6 is 0 Å². The number of amides is 2. The second kappa shape index (κ2) is 10.6. The van der Waals surface area contributed by atoms with Gasteiger partial charge >= 0.3 is 0 Å². The first-order valence-electron chi connectivity index (χ1n) is 10.2. The SMILES string of the molecule is CC[C@H](C)NC(=O)[C@H](C)N(Cc1ccccc1)C(=O)COc1ccc(C)cc1C. The van der Waals surface area contributed by atoms with Crippen LogP contribution in [0.4, 0.5) is 0 Å². The summed E-state index contributed by atoms with van der Waals surface area (Å²) in [5.41, 5.74) is 3.09. The van der Waals surface area contributed by atoms with Gasteiger partial charge in [-0.3, -0.25) is 9.59 Å². The predicted molar refractivity (Wildman–Crippen MR) is 116 cm³/mol. The lowest BCUT2D eigenvalue weighted by Gasteiger charge is -2.29. The standard InChI is InChI=1S/C24H32N2O3/c1-6-19(4)25-24(28)20(5)26(15-21-10-8-7-9-11-21)23(27)16-29-22-13-12-17(2)14-18(22)3/h7-14,19-20H,6,15-16H2,1-5H3,(H,25,28)/t19-,20-/m0/s1. The van der Waals surface area contributed by atoms with Crippen molar-refractivity contribution in [1.29, 1.82) is 0 Å². The molecule has 2 rings (SSSR count). The van der Waals surface area contributed by atoms with Crippen molar-refractivity contribution in [3.63, 3.8) is 0 Å². The van der Waals surface area contributed by atoms with Crippen LogP contribution in [0.15, 0.2) is 48.5 Å². The Hall–Kier alpha value is -2.82. The third-order valence-corrected chi connectivity index (χ3v) is 5.05. The number of benzene rings is 2. The highest BCUT2D eigenvalue weighted by molar-refractivity contribution is 5.88. The van der Waals surface area contributed by atoms with Crippen LogP contribution in [-0.4, -0.2) is 35.4 Å². The molecule has 0 saturated heterocycles. The predicted octanol–water partition coefficient (Wildman–Crippen LogP) is 4.01. The van der Waals surface area contributed by atoms with Crippen molar-refractivity contribution < 1.29 is 14.3 Å². The van der Waals surface area contributed by atoms with Gasteiger partial charge in [0, 0.05) is 12.6 Å². The molecule has 5 heteroatoms. The zero-order chi connectivity index (χ0) is 21.4. The molecule has 2 aromatic carbocycles. The van der Waals surface area contributed by atoms with Crippen molar-refractivity contribution in [3.8, 4) is 5.75 Å².